The van der Waals surface area contributed by atoms with Crippen molar-refractivity contribution < 1.29 is 4.79 Å². The lowest BCUT2D eigenvalue weighted by molar-refractivity contribution is -0.115. The van der Waals surface area contributed by atoms with Gasteiger partial charge in [-0.1, -0.05) is 43.5 Å². The lowest BCUT2D eigenvalue weighted by atomic mass is 9.95. The molecule has 5 nitrogen and oxygen atoms in total. The number of nitrogens with zero attached hydrogens (tertiary/aromatic N) is 1. The Morgan fingerprint density at radius 1 is 1.12 bits per heavy atom. The smallest absolute Gasteiger partial charge is 0.269 e. The van der Waals surface area contributed by atoms with Crippen LogP contribution in [0.2, 0.25) is 0 Å². The van der Waals surface area contributed by atoms with E-state index in [1.807, 2.05) is 37.6 Å². The van der Waals surface area contributed by atoms with Gasteiger partial charge in [0.05, 0.1) is 0 Å². The van der Waals surface area contributed by atoms with Crippen LogP contribution in [-0.4, -0.2) is 27.6 Å². The number of nitrogens with one attached hydrogen (secondary N) is 3. The average molecular weight is 427 g/mol. The number of carbonyl (C=O) groups excluding carboxylic acids is 1. The first-order valence-corrected chi connectivity index (χ1v) is 11.3. The number of hydrogen-bond donors (Lipinski definition) is 3. The summed E-state index contributed by atoms with van der Waals surface area (Å²) >= 11 is 0. The van der Waals surface area contributed by atoms with Gasteiger partial charge in [-0.2, -0.15) is 0 Å². The zero-order valence-corrected chi connectivity index (χ0v) is 18.5. The van der Waals surface area contributed by atoms with Gasteiger partial charge in [0.2, 0.25) is 0 Å². The summed E-state index contributed by atoms with van der Waals surface area (Å²) < 4.78 is 0. The molecule has 0 unspecified atom stereocenters. The van der Waals surface area contributed by atoms with E-state index in [-0.39, 0.29) is 17.7 Å². The largest absolute Gasteiger partial charge is 0.361 e. The minimum absolute atomic E-state index is 0.00243. The SMILES string of the molecule is Cc1cncc(-c2ccc(C/C(=C/C(=N)C(=O)NC3CCCCC3)c3ccc[nH]3)cc2)c1. The first-order chi connectivity index (χ1) is 15.6. The molecule has 3 N–H and O–H groups in total. The molecular weight excluding hydrogens is 396 g/mol. The van der Waals surface area contributed by atoms with Gasteiger partial charge < -0.3 is 10.3 Å². The van der Waals surface area contributed by atoms with Crippen LogP contribution in [0.25, 0.3) is 16.7 Å². The Bertz CT molecular complexity index is 1090. The second-order valence-corrected chi connectivity index (χ2v) is 8.60. The molecule has 0 atom stereocenters. The molecule has 1 amide bonds. The van der Waals surface area contributed by atoms with Crippen molar-refractivity contribution in [3.8, 4) is 11.1 Å². The minimum atomic E-state index is -0.289. The summed E-state index contributed by atoms with van der Waals surface area (Å²) in [6.45, 7) is 2.04. The van der Waals surface area contributed by atoms with Gasteiger partial charge in [-0.15, -0.1) is 0 Å². The van der Waals surface area contributed by atoms with Crippen LogP contribution in [0.15, 0.2) is 67.1 Å². The number of allylic oxidation sites excluding steroid dienone is 1. The highest BCUT2D eigenvalue weighted by Gasteiger charge is 2.18. The predicted molar refractivity (Wildman–Crippen MR) is 130 cm³/mol. The molecule has 4 rings (SSSR count). The van der Waals surface area contributed by atoms with Gasteiger partial charge in [0.15, 0.2) is 0 Å². The molecule has 0 bridgehead atoms. The second-order valence-electron chi connectivity index (χ2n) is 8.60. The monoisotopic (exact) mass is 426 g/mol. The highest BCUT2D eigenvalue weighted by Crippen LogP contribution is 2.23. The summed E-state index contributed by atoms with van der Waals surface area (Å²) in [6.07, 6.45) is 13.5. The number of aromatic nitrogens is 2. The van der Waals surface area contributed by atoms with Crippen LogP contribution in [0.4, 0.5) is 0 Å². The number of benzene rings is 1. The highest BCUT2D eigenvalue weighted by atomic mass is 16.1. The van der Waals surface area contributed by atoms with Crippen LogP contribution in [-0.2, 0) is 11.2 Å². The molecule has 0 aliphatic heterocycles. The Morgan fingerprint density at radius 2 is 1.91 bits per heavy atom. The molecule has 2 aromatic heterocycles. The van der Waals surface area contributed by atoms with Crippen molar-refractivity contribution in [2.45, 2.75) is 51.5 Å². The molecule has 0 spiro atoms. The Kier molecular flexibility index (Phi) is 6.95. The maximum atomic E-state index is 12.6. The van der Waals surface area contributed by atoms with E-state index in [0.717, 1.165) is 59.2 Å². The average Bonchev–Trinajstić information content (AvgIpc) is 3.35. The molecule has 1 saturated carbocycles. The molecule has 32 heavy (non-hydrogen) atoms. The number of rotatable bonds is 7. The summed E-state index contributed by atoms with van der Waals surface area (Å²) in [4.78, 5) is 20.1. The summed E-state index contributed by atoms with van der Waals surface area (Å²) in [7, 11) is 0. The maximum absolute atomic E-state index is 12.6. The number of aryl methyl sites for hydroxylation is 1. The van der Waals surface area contributed by atoms with E-state index >= 15 is 0 Å². The fourth-order valence-corrected chi connectivity index (χ4v) is 4.25. The number of aromatic amines is 1. The molecular formula is C27H30N4O. The van der Waals surface area contributed by atoms with Crippen LogP contribution < -0.4 is 5.32 Å². The Balaban J connectivity index is 1.49. The normalized spacial score (nSPS) is 14.8. The summed E-state index contributed by atoms with van der Waals surface area (Å²) in [5.74, 6) is -0.289. The molecule has 164 valence electrons. The highest BCUT2D eigenvalue weighted by molar-refractivity contribution is 6.43. The van der Waals surface area contributed by atoms with Gasteiger partial charge in [0, 0.05) is 35.9 Å². The van der Waals surface area contributed by atoms with E-state index in [2.05, 4.69) is 45.6 Å². The Morgan fingerprint density at radius 3 is 2.59 bits per heavy atom. The maximum Gasteiger partial charge on any atom is 0.269 e. The van der Waals surface area contributed by atoms with Crippen LogP contribution >= 0.6 is 0 Å². The van der Waals surface area contributed by atoms with Gasteiger partial charge in [-0.05, 0) is 72.7 Å². The number of carbonyl (C=O) groups is 1. The molecule has 1 fully saturated rings. The van der Waals surface area contributed by atoms with E-state index in [4.69, 9.17) is 5.41 Å². The van der Waals surface area contributed by atoms with Crippen molar-refractivity contribution in [2.75, 3.05) is 0 Å². The third-order valence-corrected chi connectivity index (χ3v) is 6.00. The number of amides is 1. The van der Waals surface area contributed by atoms with Crippen LogP contribution in [0.3, 0.4) is 0 Å². The Hall–Kier alpha value is -3.47. The molecule has 3 aromatic rings. The van der Waals surface area contributed by atoms with Crippen molar-refractivity contribution >= 4 is 17.2 Å². The summed E-state index contributed by atoms with van der Waals surface area (Å²) in [5, 5.41) is 11.4. The third kappa shape index (κ3) is 5.61. The summed E-state index contributed by atoms with van der Waals surface area (Å²) in [6, 6.07) is 14.6. The van der Waals surface area contributed by atoms with Crippen molar-refractivity contribution in [1.82, 2.24) is 15.3 Å². The van der Waals surface area contributed by atoms with Crippen LogP contribution in [0.5, 0.6) is 0 Å². The predicted octanol–water partition coefficient (Wildman–Crippen LogP) is 5.48. The molecule has 2 heterocycles. The van der Waals surface area contributed by atoms with E-state index < -0.39 is 0 Å². The fourth-order valence-electron chi connectivity index (χ4n) is 4.25. The van der Waals surface area contributed by atoms with Crippen molar-refractivity contribution in [2.24, 2.45) is 0 Å². The zero-order chi connectivity index (χ0) is 22.3. The first kappa shape index (κ1) is 21.8. The number of H-pyrrole nitrogens is 1. The second kappa shape index (κ2) is 10.2. The van der Waals surface area contributed by atoms with E-state index in [9.17, 15) is 4.79 Å². The van der Waals surface area contributed by atoms with E-state index in [0.29, 0.717) is 6.42 Å². The van der Waals surface area contributed by atoms with Crippen molar-refractivity contribution in [1.29, 1.82) is 5.41 Å². The quantitative estimate of drug-likeness (QED) is 0.437. The Labute approximate surface area is 189 Å². The minimum Gasteiger partial charge on any atom is -0.361 e. The van der Waals surface area contributed by atoms with Gasteiger partial charge in [-0.3, -0.25) is 15.2 Å². The first-order valence-electron chi connectivity index (χ1n) is 11.3. The number of pyridine rings is 1. The van der Waals surface area contributed by atoms with Gasteiger partial charge in [0.25, 0.3) is 5.91 Å². The molecule has 1 aromatic carbocycles. The van der Waals surface area contributed by atoms with Crippen molar-refractivity contribution in [3.05, 3.63) is 84.0 Å². The van der Waals surface area contributed by atoms with Gasteiger partial charge in [-0.25, -0.2) is 0 Å². The molecule has 0 saturated heterocycles. The standard InChI is InChI=1S/C27H30N4O/c1-19-14-23(18-29-17-19)21-11-9-20(10-12-21)15-22(26-8-5-13-30-26)16-25(28)27(32)31-24-6-3-2-4-7-24/h5,8-14,16-18,24,28,30H,2-4,6-7,15H2,1H3,(H,31,32)/b22-16-,28-25?. The van der Waals surface area contributed by atoms with E-state index in [1.54, 1.807) is 6.08 Å². The summed E-state index contributed by atoms with van der Waals surface area (Å²) in [5.41, 5.74) is 6.32. The van der Waals surface area contributed by atoms with E-state index in [1.165, 1.54) is 6.42 Å². The molecule has 1 aliphatic rings. The van der Waals surface area contributed by atoms with Gasteiger partial charge >= 0.3 is 0 Å². The third-order valence-electron chi connectivity index (χ3n) is 6.00. The number of hydrogen-bond acceptors (Lipinski definition) is 3. The fraction of sp³-hybridized carbons (Fsp3) is 0.296. The van der Waals surface area contributed by atoms with Crippen LogP contribution in [0, 0.1) is 12.3 Å². The van der Waals surface area contributed by atoms with Crippen LogP contribution in [0.1, 0.15) is 48.9 Å². The zero-order valence-electron chi connectivity index (χ0n) is 18.5. The molecule has 0 radical (unpaired) electrons. The lowest BCUT2D eigenvalue weighted by Crippen LogP contribution is -2.39. The van der Waals surface area contributed by atoms with Crippen molar-refractivity contribution in [3.63, 3.8) is 0 Å². The van der Waals surface area contributed by atoms with Gasteiger partial charge in [0.1, 0.15) is 5.71 Å². The topological polar surface area (TPSA) is 81.6 Å². The lowest BCUT2D eigenvalue weighted by Gasteiger charge is -2.22. The molecule has 5 heteroatoms. The molecule has 1 aliphatic carbocycles.